The Morgan fingerprint density at radius 2 is 2.00 bits per heavy atom. The molecule has 30 heavy (non-hydrogen) atoms. The van der Waals surface area contributed by atoms with E-state index < -0.39 is 0 Å². The summed E-state index contributed by atoms with van der Waals surface area (Å²) in [6.07, 6.45) is 6.46. The van der Waals surface area contributed by atoms with Gasteiger partial charge in [-0.05, 0) is 49.1 Å². The van der Waals surface area contributed by atoms with Crippen LogP contribution in [0.5, 0.6) is 11.5 Å². The number of carbonyl (C=O) groups excluding carboxylic acids is 2. The lowest BCUT2D eigenvalue weighted by Crippen LogP contribution is -2.41. The molecule has 2 N–H and O–H groups in total. The summed E-state index contributed by atoms with van der Waals surface area (Å²) in [4.78, 5) is 26.3. The number of benzene rings is 1. The topological polar surface area (TPSA) is 93.0 Å². The summed E-state index contributed by atoms with van der Waals surface area (Å²) in [6, 6.07) is 8.49. The average molecular weight is 413 g/mol. The van der Waals surface area contributed by atoms with Crippen molar-refractivity contribution in [2.24, 2.45) is 5.92 Å². The minimum atomic E-state index is -0.293. The molecule has 0 atom stereocenters. The monoisotopic (exact) mass is 413 g/mol. The van der Waals surface area contributed by atoms with E-state index in [-0.39, 0.29) is 11.9 Å². The van der Waals surface area contributed by atoms with Crippen LogP contribution in [0, 0.1) is 5.92 Å². The van der Waals surface area contributed by atoms with Gasteiger partial charge in [-0.25, -0.2) is 4.79 Å². The van der Waals surface area contributed by atoms with E-state index in [4.69, 9.17) is 13.9 Å². The number of likely N-dealkylation sites (tertiary alicyclic amines) is 1. The van der Waals surface area contributed by atoms with Crippen LogP contribution < -0.4 is 20.1 Å². The highest BCUT2D eigenvalue weighted by molar-refractivity contribution is 5.92. The Hall–Kier alpha value is -3.42. The van der Waals surface area contributed by atoms with Crippen LogP contribution in [0.15, 0.2) is 47.1 Å². The molecule has 160 valence electrons. The molecule has 1 aliphatic heterocycles. The lowest BCUT2D eigenvalue weighted by atomic mass is 9.97. The van der Waals surface area contributed by atoms with Gasteiger partial charge in [-0.15, -0.1) is 0 Å². The number of carbonyl (C=O) groups is 2. The standard InChI is InChI=1S/C22H27N3O5/c1-28-18-5-7-19(20(14-18)29-2)24-22(27)23-15-16-9-11-25(12-10-16)21(26)8-6-17-4-3-13-30-17/h3-8,13-14,16H,9-12,15H2,1-2H3,(H2,23,24,27)/b8-6+. The average Bonchev–Trinajstić information content (AvgIpc) is 3.30. The quantitative estimate of drug-likeness (QED) is 0.679. The maximum absolute atomic E-state index is 12.3. The number of rotatable bonds is 7. The van der Waals surface area contributed by atoms with Crippen LogP contribution in [0.25, 0.3) is 6.08 Å². The molecule has 1 aliphatic rings. The molecule has 3 amide bonds. The Morgan fingerprint density at radius 3 is 2.67 bits per heavy atom. The maximum atomic E-state index is 12.3. The highest BCUT2D eigenvalue weighted by Gasteiger charge is 2.22. The molecular formula is C22H27N3O5. The molecule has 0 aliphatic carbocycles. The van der Waals surface area contributed by atoms with Gasteiger partial charge < -0.3 is 29.4 Å². The predicted octanol–water partition coefficient (Wildman–Crippen LogP) is 3.37. The zero-order valence-electron chi connectivity index (χ0n) is 17.2. The van der Waals surface area contributed by atoms with Gasteiger partial charge in [-0.2, -0.15) is 0 Å². The Labute approximate surface area is 175 Å². The number of methoxy groups -OCH3 is 2. The minimum absolute atomic E-state index is 0.0258. The fourth-order valence-corrected chi connectivity index (χ4v) is 3.31. The van der Waals surface area contributed by atoms with E-state index in [1.807, 2.05) is 4.90 Å². The number of nitrogens with zero attached hydrogens (tertiary/aromatic N) is 1. The third kappa shape index (κ3) is 5.79. The molecule has 2 heterocycles. The second kappa shape index (κ2) is 10.4. The van der Waals surface area contributed by atoms with Crippen molar-refractivity contribution >= 4 is 23.7 Å². The maximum Gasteiger partial charge on any atom is 0.319 e. The Bertz CT molecular complexity index is 871. The lowest BCUT2D eigenvalue weighted by molar-refractivity contribution is -0.127. The van der Waals surface area contributed by atoms with E-state index in [1.165, 1.54) is 13.2 Å². The van der Waals surface area contributed by atoms with E-state index >= 15 is 0 Å². The molecule has 0 spiro atoms. The molecule has 0 saturated carbocycles. The van der Waals surface area contributed by atoms with Gasteiger partial charge in [0, 0.05) is 31.8 Å². The largest absolute Gasteiger partial charge is 0.497 e. The third-order valence-electron chi connectivity index (χ3n) is 5.07. The normalized spacial score (nSPS) is 14.5. The van der Waals surface area contributed by atoms with Crippen LogP contribution >= 0.6 is 0 Å². The van der Waals surface area contributed by atoms with Crippen LogP contribution in [-0.4, -0.2) is 50.7 Å². The van der Waals surface area contributed by atoms with Crippen molar-refractivity contribution < 1.29 is 23.5 Å². The smallest absolute Gasteiger partial charge is 0.319 e. The van der Waals surface area contributed by atoms with Crippen LogP contribution in [0.1, 0.15) is 18.6 Å². The molecule has 1 aromatic carbocycles. The fraction of sp³-hybridized carbons (Fsp3) is 0.364. The number of urea groups is 1. The summed E-state index contributed by atoms with van der Waals surface area (Å²) in [5.41, 5.74) is 0.569. The number of piperidine rings is 1. The fourth-order valence-electron chi connectivity index (χ4n) is 3.31. The molecule has 0 unspecified atom stereocenters. The number of furan rings is 1. The minimum Gasteiger partial charge on any atom is -0.497 e. The Morgan fingerprint density at radius 1 is 1.20 bits per heavy atom. The second-order valence-corrected chi connectivity index (χ2v) is 7.02. The first-order valence-corrected chi connectivity index (χ1v) is 9.86. The molecule has 8 heteroatoms. The molecular weight excluding hydrogens is 386 g/mol. The number of hydrogen-bond donors (Lipinski definition) is 2. The van der Waals surface area contributed by atoms with Crippen LogP contribution in [0.2, 0.25) is 0 Å². The highest BCUT2D eigenvalue weighted by atomic mass is 16.5. The van der Waals surface area contributed by atoms with Gasteiger partial charge in [0.05, 0.1) is 26.2 Å². The Balaban J connectivity index is 1.41. The molecule has 2 aromatic rings. The van der Waals surface area contributed by atoms with Crippen molar-refractivity contribution in [3.8, 4) is 11.5 Å². The molecule has 1 aromatic heterocycles. The van der Waals surface area contributed by atoms with Crippen LogP contribution in [0.4, 0.5) is 10.5 Å². The second-order valence-electron chi connectivity index (χ2n) is 7.02. The Kier molecular flexibility index (Phi) is 7.37. The molecule has 0 radical (unpaired) electrons. The number of nitrogens with one attached hydrogen (secondary N) is 2. The molecule has 8 nitrogen and oxygen atoms in total. The van der Waals surface area contributed by atoms with Crippen molar-refractivity contribution in [3.05, 3.63) is 48.4 Å². The first-order valence-electron chi connectivity index (χ1n) is 9.86. The van der Waals surface area contributed by atoms with E-state index in [0.29, 0.717) is 48.5 Å². The summed E-state index contributed by atoms with van der Waals surface area (Å²) in [6.45, 7) is 1.89. The molecule has 1 fully saturated rings. The van der Waals surface area contributed by atoms with E-state index in [9.17, 15) is 9.59 Å². The van der Waals surface area contributed by atoms with Gasteiger partial charge in [0.15, 0.2) is 0 Å². The first-order chi connectivity index (χ1) is 14.6. The molecule has 3 rings (SSSR count). The summed E-state index contributed by atoms with van der Waals surface area (Å²) in [5.74, 6) is 2.13. The van der Waals surface area contributed by atoms with Gasteiger partial charge >= 0.3 is 6.03 Å². The third-order valence-corrected chi connectivity index (χ3v) is 5.07. The van der Waals surface area contributed by atoms with Gasteiger partial charge in [-0.3, -0.25) is 4.79 Å². The van der Waals surface area contributed by atoms with Crippen molar-refractivity contribution in [3.63, 3.8) is 0 Å². The summed E-state index contributed by atoms with van der Waals surface area (Å²) >= 11 is 0. The first kappa shape index (κ1) is 21.3. The van der Waals surface area contributed by atoms with Crippen LogP contribution in [-0.2, 0) is 4.79 Å². The van der Waals surface area contributed by atoms with Crippen molar-refractivity contribution in [1.29, 1.82) is 0 Å². The number of amides is 3. The van der Waals surface area contributed by atoms with Crippen molar-refractivity contribution in [1.82, 2.24) is 10.2 Å². The van der Waals surface area contributed by atoms with Gasteiger partial charge in [0.1, 0.15) is 17.3 Å². The zero-order chi connectivity index (χ0) is 21.3. The van der Waals surface area contributed by atoms with Crippen molar-refractivity contribution in [2.75, 3.05) is 39.2 Å². The number of anilines is 1. The van der Waals surface area contributed by atoms with E-state index in [2.05, 4.69) is 10.6 Å². The van der Waals surface area contributed by atoms with Crippen molar-refractivity contribution in [2.45, 2.75) is 12.8 Å². The molecule has 1 saturated heterocycles. The van der Waals surface area contributed by atoms with Gasteiger partial charge in [-0.1, -0.05) is 0 Å². The van der Waals surface area contributed by atoms with Gasteiger partial charge in [0.25, 0.3) is 0 Å². The van der Waals surface area contributed by atoms with Gasteiger partial charge in [0.2, 0.25) is 5.91 Å². The molecule has 0 bridgehead atoms. The SMILES string of the molecule is COc1ccc(NC(=O)NCC2CCN(C(=O)/C=C/c3ccco3)CC2)c(OC)c1. The summed E-state index contributed by atoms with van der Waals surface area (Å²) in [7, 11) is 3.11. The number of ether oxygens (including phenoxy) is 2. The summed E-state index contributed by atoms with van der Waals surface area (Å²) in [5, 5.41) is 5.70. The number of hydrogen-bond acceptors (Lipinski definition) is 5. The predicted molar refractivity (Wildman–Crippen MR) is 114 cm³/mol. The highest BCUT2D eigenvalue weighted by Crippen LogP contribution is 2.29. The van der Waals surface area contributed by atoms with Crippen LogP contribution in [0.3, 0.4) is 0 Å². The lowest BCUT2D eigenvalue weighted by Gasteiger charge is -2.31. The zero-order valence-corrected chi connectivity index (χ0v) is 17.2. The van der Waals surface area contributed by atoms with E-state index in [1.54, 1.807) is 49.8 Å². The van der Waals surface area contributed by atoms with E-state index in [0.717, 1.165) is 12.8 Å². The summed E-state index contributed by atoms with van der Waals surface area (Å²) < 4.78 is 15.6.